The van der Waals surface area contributed by atoms with Crippen molar-refractivity contribution in [3.63, 3.8) is 0 Å². The van der Waals surface area contributed by atoms with Crippen molar-refractivity contribution in [3.8, 4) is 5.69 Å². The van der Waals surface area contributed by atoms with Gasteiger partial charge < -0.3 is 18.9 Å². The molecule has 4 aromatic heterocycles. The third-order valence-electron chi connectivity index (χ3n) is 15.2. The number of aromatic nitrogens is 7. The van der Waals surface area contributed by atoms with Crippen molar-refractivity contribution in [2.24, 2.45) is 0 Å². The number of hydrogen-bond donors (Lipinski definition) is 1. The highest BCUT2D eigenvalue weighted by atomic mass is 19.1. The van der Waals surface area contributed by atoms with Crippen molar-refractivity contribution in [3.05, 3.63) is 135 Å². The molecule has 0 radical (unpaired) electrons. The Morgan fingerprint density at radius 2 is 1.69 bits per heavy atom. The van der Waals surface area contributed by atoms with Crippen LogP contribution in [-0.2, 0) is 26.2 Å². The van der Waals surface area contributed by atoms with Gasteiger partial charge in [0.05, 0.1) is 51.9 Å². The SMILES string of the molecule is Cc1cc(-n2nc3c(c2N2C=CN(c4ccc5c(cnn5C5CC5)c4F)C2=C=O)[C@H](C)N(C(=O)c2cc4cc([C@@H]5CCOC(C)(C)C5)ccc4n2C2(c4noc(=O)[nH]4)CCOCC2)CC3)cc(C)c1F. The van der Waals surface area contributed by atoms with Crippen LogP contribution in [0.2, 0.25) is 0 Å². The zero-order valence-corrected chi connectivity index (χ0v) is 39.6. The number of aryl methyl sites for hydroxylation is 2. The summed E-state index contributed by atoms with van der Waals surface area (Å²) in [5.74, 6) is 1.16. The van der Waals surface area contributed by atoms with Gasteiger partial charge in [-0.1, -0.05) is 11.2 Å². The number of rotatable bonds is 8. The van der Waals surface area contributed by atoms with Gasteiger partial charge in [-0.05, 0) is 125 Å². The van der Waals surface area contributed by atoms with E-state index in [0.29, 0.717) is 95.4 Å². The van der Waals surface area contributed by atoms with Crippen LogP contribution < -0.4 is 15.6 Å². The second-order valence-corrected chi connectivity index (χ2v) is 20.1. The molecule has 5 aliphatic rings. The van der Waals surface area contributed by atoms with E-state index < -0.39 is 23.2 Å². The molecule has 360 valence electrons. The lowest BCUT2D eigenvalue weighted by Gasteiger charge is -2.40. The molecular weight excluding hydrogens is 899 g/mol. The van der Waals surface area contributed by atoms with Crippen molar-refractivity contribution in [2.45, 2.75) is 109 Å². The number of nitrogens with one attached hydrogen (secondary N) is 1. The number of aromatic amines is 1. The number of halogens is 2. The molecule has 0 unspecified atom stereocenters. The van der Waals surface area contributed by atoms with Crippen LogP contribution in [0.25, 0.3) is 27.5 Å². The maximum atomic E-state index is 16.6. The fourth-order valence-corrected chi connectivity index (χ4v) is 11.6. The monoisotopic (exact) mass is 950 g/mol. The molecule has 70 heavy (non-hydrogen) atoms. The summed E-state index contributed by atoms with van der Waals surface area (Å²) in [4.78, 5) is 49.5. The zero-order valence-electron chi connectivity index (χ0n) is 39.6. The van der Waals surface area contributed by atoms with Gasteiger partial charge in [0.25, 0.3) is 5.91 Å². The number of amides is 1. The first-order chi connectivity index (χ1) is 33.7. The lowest BCUT2D eigenvalue weighted by Crippen LogP contribution is -2.46. The van der Waals surface area contributed by atoms with Crippen LogP contribution in [-0.4, -0.2) is 83.0 Å². The summed E-state index contributed by atoms with van der Waals surface area (Å²) < 4.78 is 54.5. The standard InChI is InChI=1S/C52H52F2N10O6/c1-29-22-36(23-30(2)45(29)53)64-47(61-18-17-60(43(61)28-65)41-11-10-40-37(46(41)54)27-55-63(40)35-7-8-35)44-31(3)59(16-12-38(44)57-64)48(66)42-25-34-24-32(33-13-19-69-51(4,5)26-33)6-9-39(34)62(42)52(14-20-68-21-15-52)49-56-50(67)70-58-49/h6,9-11,17-18,22-25,27,31,33,35H,7-8,12-16,19-21,26H2,1-5H3,(H,56,58,67)/t31-,33+/m0/s1. The third kappa shape index (κ3) is 6.89. The minimum atomic E-state index is -1.01. The minimum absolute atomic E-state index is 0.0325. The van der Waals surface area contributed by atoms with E-state index >= 15 is 13.6 Å². The van der Waals surface area contributed by atoms with Crippen LogP contribution in [0.1, 0.15) is 122 Å². The first-order valence-electron chi connectivity index (χ1n) is 24.1. The van der Waals surface area contributed by atoms with Crippen molar-refractivity contribution in [1.29, 1.82) is 0 Å². The quantitative estimate of drug-likeness (QED) is 0.145. The third-order valence-corrected chi connectivity index (χ3v) is 15.2. The Balaban J connectivity index is 0.984. The predicted molar refractivity (Wildman–Crippen MR) is 256 cm³/mol. The van der Waals surface area contributed by atoms with E-state index in [2.05, 4.69) is 53.2 Å². The largest absolute Gasteiger partial charge is 0.438 e. The number of anilines is 2. The lowest BCUT2D eigenvalue weighted by molar-refractivity contribution is -0.0592. The molecule has 0 bridgehead atoms. The van der Waals surface area contributed by atoms with Gasteiger partial charge >= 0.3 is 5.76 Å². The number of fused-ring (bicyclic) bond motifs is 3. The summed E-state index contributed by atoms with van der Waals surface area (Å²) in [7, 11) is 0. The van der Waals surface area contributed by atoms with E-state index in [1.165, 1.54) is 11.1 Å². The smallest absolute Gasteiger partial charge is 0.381 e. The van der Waals surface area contributed by atoms with Gasteiger partial charge in [0, 0.05) is 74.5 Å². The average molecular weight is 951 g/mol. The van der Waals surface area contributed by atoms with E-state index in [-0.39, 0.29) is 47.3 Å². The molecule has 7 aromatic rings. The Hall–Kier alpha value is -7.14. The molecule has 18 heteroatoms. The summed E-state index contributed by atoms with van der Waals surface area (Å²) in [5.41, 5.74) is 4.49. The number of hydrogen-bond acceptors (Lipinski definition) is 11. The second-order valence-electron chi connectivity index (χ2n) is 20.1. The number of carbonyl (C=O) groups excluding carboxylic acids is 2. The average Bonchev–Trinajstić information content (AvgIpc) is 3.77. The first-order valence-corrected chi connectivity index (χ1v) is 24.1. The van der Waals surface area contributed by atoms with Crippen molar-refractivity contribution >= 4 is 45.2 Å². The molecule has 1 N–H and O–H groups in total. The van der Waals surface area contributed by atoms with E-state index in [1.807, 2.05) is 28.3 Å². The fourth-order valence-electron chi connectivity index (χ4n) is 11.6. The minimum Gasteiger partial charge on any atom is -0.381 e. The maximum absolute atomic E-state index is 16.6. The molecule has 1 saturated carbocycles. The second kappa shape index (κ2) is 16.2. The van der Waals surface area contributed by atoms with Crippen LogP contribution in [0, 0.1) is 25.5 Å². The van der Waals surface area contributed by atoms with Gasteiger partial charge in [-0.2, -0.15) is 10.2 Å². The van der Waals surface area contributed by atoms with Crippen LogP contribution in [0.5, 0.6) is 0 Å². The number of nitrogens with zero attached hydrogens (tertiary/aromatic N) is 9. The molecular formula is C52H52F2N10O6. The molecule has 0 spiro atoms. The highest BCUT2D eigenvalue weighted by molar-refractivity contribution is 6.00. The Bertz CT molecular complexity index is 3410. The number of carbonyl (C=O) groups is 1. The molecule has 3 fully saturated rings. The summed E-state index contributed by atoms with van der Waals surface area (Å²) in [6.07, 6.45) is 9.59. The van der Waals surface area contributed by atoms with Crippen molar-refractivity contribution in [1.82, 2.24) is 39.2 Å². The van der Waals surface area contributed by atoms with Crippen LogP contribution >= 0.6 is 0 Å². The highest BCUT2D eigenvalue weighted by Gasteiger charge is 2.46. The Morgan fingerprint density at radius 1 is 0.929 bits per heavy atom. The predicted octanol–water partition coefficient (Wildman–Crippen LogP) is 8.54. The van der Waals surface area contributed by atoms with Gasteiger partial charge in [-0.15, -0.1) is 0 Å². The summed E-state index contributed by atoms with van der Waals surface area (Å²) in [6.45, 7) is 11.1. The fraction of sp³-hybridized carbons (Fsp3) is 0.404. The Labute approximate surface area is 400 Å². The van der Waals surface area contributed by atoms with E-state index in [9.17, 15) is 9.59 Å². The molecule has 8 heterocycles. The first kappa shape index (κ1) is 44.1. The van der Waals surface area contributed by atoms with Gasteiger partial charge in [0.2, 0.25) is 5.82 Å². The van der Waals surface area contributed by atoms with Crippen molar-refractivity contribution < 1.29 is 32.4 Å². The number of H-pyrrole nitrogens is 1. The summed E-state index contributed by atoms with van der Waals surface area (Å²) in [6, 6.07) is 14.7. The Morgan fingerprint density at radius 3 is 2.40 bits per heavy atom. The lowest BCUT2D eigenvalue weighted by atomic mass is 9.83. The van der Waals surface area contributed by atoms with Crippen LogP contribution in [0.3, 0.4) is 0 Å². The van der Waals surface area contributed by atoms with E-state index in [4.69, 9.17) is 19.1 Å². The van der Waals surface area contributed by atoms with Crippen LogP contribution in [0.4, 0.5) is 20.3 Å². The van der Waals surface area contributed by atoms with Gasteiger partial charge in [0.15, 0.2) is 17.6 Å². The maximum Gasteiger partial charge on any atom is 0.438 e. The van der Waals surface area contributed by atoms with E-state index in [1.54, 1.807) is 58.9 Å². The molecule has 1 amide bonds. The molecule has 4 aliphatic heterocycles. The molecule has 1 aliphatic carbocycles. The molecule has 2 atom stereocenters. The zero-order chi connectivity index (χ0) is 48.4. The normalized spacial score (nSPS) is 21.0. The molecule has 2 saturated heterocycles. The highest BCUT2D eigenvalue weighted by Crippen LogP contribution is 2.47. The summed E-state index contributed by atoms with van der Waals surface area (Å²) >= 11 is 0. The molecule has 3 aromatic carbocycles. The molecule has 16 nitrogen and oxygen atoms in total. The Kier molecular flexibility index (Phi) is 10.2. The van der Waals surface area contributed by atoms with Gasteiger partial charge in [-0.3, -0.25) is 28.8 Å². The van der Waals surface area contributed by atoms with Crippen molar-refractivity contribution in [2.75, 3.05) is 36.2 Å². The van der Waals surface area contributed by atoms with E-state index in [0.717, 1.165) is 42.1 Å². The summed E-state index contributed by atoms with van der Waals surface area (Å²) in [5, 5.41) is 15.1. The molecule has 12 rings (SSSR count). The topological polar surface area (TPSA) is 162 Å². The van der Waals surface area contributed by atoms with Gasteiger partial charge in [0.1, 0.15) is 22.9 Å². The number of benzene rings is 3. The number of ether oxygens (including phenoxy) is 2. The van der Waals surface area contributed by atoms with Crippen LogP contribution in [0.15, 0.2) is 82.3 Å². The van der Waals surface area contributed by atoms with Gasteiger partial charge in [-0.25, -0.2) is 23.1 Å².